The summed E-state index contributed by atoms with van der Waals surface area (Å²) in [5, 5.41) is 0. The molecule has 0 N–H and O–H groups in total. The van der Waals surface area contributed by atoms with E-state index in [4.69, 9.17) is 0 Å². The minimum absolute atomic E-state index is 0.736. The van der Waals surface area contributed by atoms with Crippen molar-refractivity contribution < 1.29 is 0 Å². The Kier molecular flexibility index (Phi) is 6.68. The molecule has 2 heteroatoms. The van der Waals surface area contributed by atoms with E-state index in [2.05, 4.69) is 32.6 Å². The SMILES string of the molecule is CC(C)N(C[CH2][In]1[CH2]CCC[CH2]1)C(C)C. The molecular weight excluding hydrogens is 285 g/mol. The second kappa shape index (κ2) is 7.21. The summed E-state index contributed by atoms with van der Waals surface area (Å²) in [6.45, 7) is 10.8. The van der Waals surface area contributed by atoms with Crippen LogP contribution >= 0.6 is 0 Å². The van der Waals surface area contributed by atoms with Crippen LogP contribution in [0.3, 0.4) is 0 Å². The van der Waals surface area contributed by atoms with Crippen molar-refractivity contribution in [3.8, 4) is 0 Å². The minimum atomic E-state index is -0.989. The molecule has 0 aliphatic carbocycles. The van der Waals surface area contributed by atoms with Crippen molar-refractivity contribution in [2.45, 2.75) is 71.6 Å². The van der Waals surface area contributed by atoms with Crippen LogP contribution in [-0.2, 0) is 0 Å². The Morgan fingerprint density at radius 3 is 1.93 bits per heavy atom. The second-order valence-electron chi connectivity index (χ2n) is 5.72. The van der Waals surface area contributed by atoms with Crippen molar-refractivity contribution in [2.75, 3.05) is 6.54 Å². The zero-order valence-corrected chi connectivity index (χ0v) is 14.4. The molecule has 1 aliphatic heterocycles. The van der Waals surface area contributed by atoms with Gasteiger partial charge in [0.05, 0.1) is 0 Å². The van der Waals surface area contributed by atoms with E-state index in [1.807, 2.05) is 0 Å². The van der Waals surface area contributed by atoms with Crippen molar-refractivity contribution in [3.05, 3.63) is 0 Å². The van der Waals surface area contributed by atoms with Gasteiger partial charge in [0.1, 0.15) is 0 Å². The summed E-state index contributed by atoms with van der Waals surface area (Å²) in [5.74, 6) is 0. The summed E-state index contributed by atoms with van der Waals surface area (Å²) < 4.78 is 5.04. The third kappa shape index (κ3) is 5.12. The van der Waals surface area contributed by atoms with Gasteiger partial charge >= 0.3 is 104 Å². The standard InChI is InChI=1S/C8H18N.C5H10.In/c1-6-9(7(2)3)8(4)5;1-3-5-4-2;/h7-8H,1,6H2,2-5H3;1-5H2;. The maximum atomic E-state index is 2.69. The zero-order valence-electron chi connectivity index (χ0n) is 11.1. The molecule has 15 heavy (non-hydrogen) atoms. The van der Waals surface area contributed by atoms with Crippen LogP contribution in [0.5, 0.6) is 0 Å². The molecule has 1 saturated heterocycles. The van der Waals surface area contributed by atoms with Gasteiger partial charge in [-0.1, -0.05) is 0 Å². The molecule has 1 nitrogen and oxygen atoms in total. The van der Waals surface area contributed by atoms with Gasteiger partial charge in [-0.2, -0.15) is 0 Å². The van der Waals surface area contributed by atoms with Crippen molar-refractivity contribution in [2.24, 2.45) is 0 Å². The first-order valence-corrected chi connectivity index (χ1v) is 13.9. The molecule has 1 aliphatic rings. The summed E-state index contributed by atoms with van der Waals surface area (Å²) >= 11 is -0.989. The van der Waals surface area contributed by atoms with Gasteiger partial charge in [0, 0.05) is 0 Å². The molecule has 1 heterocycles. The summed E-state index contributed by atoms with van der Waals surface area (Å²) in [5.41, 5.74) is 0. The molecular formula is C13H28InN. The van der Waals surface area contributed by atoms with E-state index in [0.717, 1.165) is 12.1 Å². The fraction of sp³-hybridized carbons (Fsp3) is 1.00. The Morgan fingerprint density at radius 2 is 1.47 bits per heavy atom. The van der Waals surface area contributed by atoms with Crippen molar-refractivity contribution in [1.82, 2.24) is 4.90 Å². The summed E-state index contributed by atoms with van der Waals surface area (Å²) in [7, 11) is 0. The molecule has 0 saturated carbocycles. The summed E-state index contributed by atoms with van der Waals surface area (Å²) in [6, 6.07) is 1.47. The number of rotatable bonds is 5. The average molecular weight is 313 g/mol. The Morgan fingerprint density at radius 1 is 0.933 bits per heavy atom. The molecule has 0 amide bonds. The monoisotopic (exact) mass is 313 g/mol. The van der Waals surface area contributed by atoms with E-state index in [1.165, 1.54) is 13.0 Å². The molecule has 0 aromatic heterocycles. The van der Waals surface area contributed by atoms with Crippen LogP contribution in [0, 0.1) is 0 Å². The van der Waals surface area contributed by atoms with Gasteiger partial charge in [0.25, 0.3) is 0 Å². The van der Waals surface area contributed by atoms with E-state index >= 15 is 0 Å². The molecule has 0 spiro atoms. The van der Waals surface area contributed by atoms with Crippen LogP contribution in [0.2, 0.25) is 12.5 Å². The topological polar surface area (TPSA) is 3.24 Å². The summed E-state index contributed by atoms with van der Waals surface area (Å²) in [6.07, 6.45) is 4.68. The third-order valence-electron chi connectivity index (χ3n) is 3.85. The van der Waals surface area contributed by atoms with Gasteiger partial charge < -0.3 is 0 Å². The molecule has 0 unspecified atom stereocenters. The second-order valence-corrected chi connectivity index (χ2v) is 15.6. The Bertz CT molecular complexity index is 154. The van der Waals surface area contributed by atoms with Crippen LogP contribution in [0.4, 0.5) is 0 Å². The molecule has 0 aromatic carbocycles. The first kappa shape index (κ1) is 13.9. The predicted molar refractivity (Wildman–Crippen MR) is 71.0 cm³/mol. The fourth-order valence-electron chi connectivity index (χ4n) is 2.92. The van der Waals surface area contributed by atoms with E-state index in [-0.39, 0.29) is 0 Å². The molecule has 0 bridgehead atoms. The van der Waals surface area contributed by atoms with Gasteiger partial charge in [-0.15, -0.1) is 0 Å². The molecule has 0 atom stereocenters. The molecule has 88 valence electrons. The van der Waals surface area contributed by atoms with Gasteiger partial charge in [-0.25, -0.2) is 0 Å². The van der Waals surface area contributed by atoms with Gasteiger partial charge in [-0.05, 0) is 0 Å². The van der Waals surface area contributed by atoms with E-state index in [0.29, 0.717) is 0 Å². The third-order valence-corrected chi connectivity index (χ3v) is 13.9. The quantitative estimate of drug-likeness (QED) is 0.746. The van der Waals surface area contributed by atoms with Crippen LogP contribution in [-0.4, -0.2) is 45.0 Å². The molecule has 1 fully saturated rings. The van der Waals surface area contributed by atoms with Crippen LogP contribution in [0.1, 0.15) is 47.0 Å². The molecule has 0 radical (unpaired) electrons. The van der Waals surface area contributed by atoms with E-state index in [1.54, 1.807) is 25.4 Å². The number of nitrogens with zero attached hydrogens (tertiary/aromatic N) is 1. The first-order valence-electron chi connectivity index (χ1n) is 6.87. The molecule has 0 aromatic rings. The first-order chi connectivity index (χ1) is 7.11. The van der Waals surface area contributed by atoms with Gasteiger partial charge in [0.2, 0.25) is 0 Å². The van der Waals surface area contributed by atoms with Crippen LogP contribution < -0.4 is 0 Å². The van der Waals surface area contributed by atoms with Crippen LogP contribution in [0.15, 0.2) is 0 Å². The van der Waals surface area contributed by atoms with E-state index in [9.17, 15) is 0 Å². The summed E-state index contributed by atoms with van der Waals surface area (Å²) in [4.78, 5) is 2.69. The normalized spacial score (nSPS) is 18.2. The Hall–Kier alpha value is 0.830. The van der Waals surface area contributed by atoms with E-state index < -0.39 is 21.4 Å². The maximum absolute atomic E-state index is 2.69. The fourth-order valence-corrected chi connectivity index (χ4v) is 12.2. The Labute approximate surface area is 104 Å². The van der Waals surface area contributed by atoms with Crippen LogP contribution in [0.25, 0.3) is 0 Å². The Balaban J connectivity index is 2.26. The molecule has 1 rings (SSSR count). The number of hydrogen-bond acceptors (Lipinski definition) is 1. The van der Waals surface area contributed by atoms with Gasteiger partial charge in [-0.3, -0.25) is 0 Å². The number of hydrogen-bond donors (Lipinski definition) is 0. The zero-order chi connectivity index (χ0) is 11.3. The van der Waals surface area contributed by atoms with Crippen molar-refractivity contribution in [1.29, 1.82) is 0 Å². The predicted octanol–water partition coefficient (Wildman–Crippen LogP) is 3.78. The average Bonchev–Trinajstić information content (AvgIpc) is 2.18. The van der Waals surface area contributed by atoms with Gasteiger partial charge in [0.15, 0.2) is 0 Å². The van der Waals surface area contributed by atoms with Crippen molar-refractivity contribution >= 4 is 21.4 Å². The van der Waals surface area contributed by atoms with Crippen molar-refractivity contribution in [3.63, 3.8) is 0 Å².